The summed E-state index contributed by atoms with van der Waals surface area (Å²) in [7, 11) is 0. The number of carbonyl (C=O) groups is 2. The van der Waals surface area contributed by atoms with Crippen LogP contribution in [0.3, 0.4) is 0 Å². The van der Waals surface area contributed by atoms with Gasteiger partial charge < -0.3 is 14.8 Å². The number of hydrogen-bond donors (Lipinski definition) is 1. The lowest BCUT2D eigenvalue weighted by atomic mass is 10.2. The van der Waals surface area contributed by atoms with Crippen LogP contribution in [0.2, 0.25) is 0 Å². The van der Waals surface area contributed by atoms with Gasteiger partial charge in [0, 0.05) is 6.07 Å². The second-order valence-electron chi connectivity index (χ2n) is 6.04. The van der Waals surface area contributed by atoms with Gasteiger partial charge in [-0.05, 0) is 43.7 Å². The highest BCUT2D eigenvalue weighted by molar-refractivity contribution is 5.96. The highest BCUT2D eigenvalue weighted by atomic mass is 16.6. The average Bonchev–Trinajstić information content (AvgIpc) is 2.68. The number of carbonyl (C=O) groups excluding carboxylic acids is 2. The first-order valence-electron chi connectivity index (χ1n) is 8.90. The molecule has 0 unspecified atom stereocenters. The Kier molecular flexibility index (Phi) is 7.50. The molecule has 0 radical (unpaired) electrons. The molecule has 0 saturated carbocycles. The number of unbranched alkanes of at least 4 members (excludes halogenated alkanes) is 1. The zero-order valence-electron chi connectivity index (χ0n) is 15.7. The summed E-state index contributed by atoms with van der Waals surface area (Å²) >= 11 is 0. The summed E-state index contributed by atoms with van der Waals surface area (Å²) in [6.45, 7) is 3.90. The number of nitrogens with one attached hydrogen (secondary N) is 1. The van der Waals surface area contributed by atoms with Crippen molar-refractivity contribution < 1.29 is 24.0 Å². The van der Waals surface area contributed by atoms with E-state index < -0.39 is 22.9 Å². The molecule has 148 valence electrons. The lowest BCUT2D eigenvalue weighted by molar-refractivity contribution is -0.383. The van der Waals surface area contributed by atoms with E-state index in [0.29, 0.717) is 17.9 Å². The van der Waals surface area contributed by atoms with E-state index in [1.54, 1.807) is 30.3 Å². The van der Waals surface area contributed by atoms with E-state index in [9.17, 15) is 19.7 Å². The molecule has 0 heterocycles. The van der Waals surface area contributed by atoms with Crippen LogP contribution in [0.15, 0.2) is 48.5 Å². The molecule has 2 aromatic rings. The third-order valence-electron chi connectivity index (χ3n) is 3.86. The van der Waals surface area contributed by atoms with Crippen molar-refractivity contribution in [2.24, 2.45) is 0 Å². The minimum atomic E-state index is -0.901. The fourth-order valence-electron chi connectivity index (χ4n) is 2.29. The van der Waals surface area contributed by atoms with Crippen LogP contribution >= 0.6 is 0 Å². The number of nitrogens with zero attached hydrogens (tertiary/aromatic N) is 1. The highest BCUT2D eigenvalue weighted by Crippen LogP contribution is 2.23. The molecule has 0 bridgehead atoms. The van der Waals surface area contributed by atoms with Gasteiger partial charge in [0.2, 0.25) is 0 Å². The van der Waals surface area contributed by atoms with Crippen LogP contribution in [-0.2, 0) is 9.53 Å². The van der Waals surface area contributed by atoms with E-state index in [1.165, 1.54) is 25.1 Å². The van der Waals surface area contributed by atoms with E-state index in [-0.39, 0.29) is 11.4 Å². The lowest BCUT2D eigenvalue weighted by Gasteiger charge is -2.15. The monoisotopic (exact) mass is 386 g/mol. The van der Waals surface area contributed by atoms with Crippen LogP contribution in [0, 0.1) is 10.1 Å². The molecule has 1 amide bonds. The van der Waals surface area contributed by atoms with Gasteiger partial charge in [0.15, 0.2) is 6.10 Å². The van der Waals surface area contributed by atoms with Gasteiger partial charge in [0.25, 0.3) is 11.6 Å². The number of anilines is 1. The van der Waals surface area contributed by atoms with Crippen molar-refractivity contribution in [3.63, 3.8) is 0 Å². The standard InChI is InChI=1S/C20H22N2O6/c1-3-4-13-27-20(24)15-9-11-16(12-10-15)28-14(2)19(23)21-17-7-5-6-8-18(17)22(25)26/h5-12,14H,3-4,13H2,1-2H3,(H,21,23)/t14-/m1/s1. The van der Waals surface area contributed by atoms with Crippen molar-refractivity contribution >= 4 is 23.3 Å². The van der Waals surface area contributed by atoms with Gasteiger partial charge in [-0.15, -0.1) is 0 Å². The minimum Gasteiger partial charge on any atom is -0.481 e. The summed E-state index contributed by atoms with van der Waals surface area (Å²) in [5.41, 5.74) is 0.285. The number of benzene rings is 2. The van der Waals surface area contributed by atoms with Crippen LogP contribution in [0.4, 0.5) is 11.4 Å². The molecule has 1 atom stereocenters. The van der Waals surface area contributed by atoms with Gasteiger partial charge in [-0.2, -0.15) is 0 Å². The summed E-state index contributed by atoms with van der Waals surface area (Å²) in [6.07, 6.45) is 0.841. The van der Waals surface area contributed by atoms with Crippen molar-refractivity contribution in [2.75, 3.05) is 11.9 Å². The van der Waals surface area contributed by atoms with Gasteiger partial charge in [0.05, 0.1) is 17.1 Å². The van der Waals surface area contributed by atoms with Gasteiger partial charge in [-0.1, -0.05) is 25.5 Å². The van der Waals surface area contributed by atoms with E-state index in [0.717, 1.165) is 12.8 Å². The Balaban J connectivity index is 1.95. The van der Waals surface area contributed by atoms with Crippen LogP contribution in [0.5, 0.6) is 5.75 Å². The largest absolute Gasteiger partial charge is 0.481 e. The third-order valence-corrected chi connectivity index (χ3v) is 3.86. The fourth-order valence-corrected chi connectivity index (χ4v) is 2.29. The number of hydrogen-bond acceptors (Lipinski definition) is 6. The summed E-state index contributed by atoms with van der Waals surface area (Å²) in [4.78, 5) is 34.6. The molecule has 8 nitrogen and oxygen atoms in total. The second-order valence-corrected chi connectivity index (χ2v) is 6.04. The smallest absolute Gasteiger partial charge is 0.338 e. The van der Waals surface area contributed by atoms with Crippen molar-refractivity contribution in [1.29, 1.82) is 0 Å². The quantitative estimate of drug-likeness (QED) is 0.302. The summed E-state index contributed by atoms with van der Waals surface area (Å²) in [6, 6.07) is 12.1. The molecular weight excluding hydrogens is 364 g/mol. The number of nitro benzene ring substituents is 1. The molecule has 0 fully saturated rings. The van der Waals surface area contributed by atoms with Crippen LogP contribution in [0.1, 0.15) is 37.0 Å². The number of nitro groups is 1. The van der Waals surface area contributed by atoms with Crippen LogP contribution in [0.25, 0.3) is 0 Å². The fraction of sp³-hybridized carbons (Fsp3) is 0.300. The average molecular weight is 386 g/mol. The molecule has 1 N–H and O–H groups in total. The van der Waals surface area contributed by atoms with Gasteiger partial charge in [0.1, 0.15) is 11.4 Å². The number of ether oxygens (including phenoxy) is 2. The minimum absolute atomic E-state index is 0.0955. The Morgan fingerprint density at radius 1 is 1.14 bits per heavy atom. The molecule has 0 aliphatic carbocycles. The number of para-hydroxylation sites is 2. The summed E-state index contributed by atoms with van der Waals surface area (Å²) < 4.78 is 10.7. The molecule has 2 rings (SSSR count). The van der Waals surface area contributed by atoms with Crippen molar-refractivity contribution in [2.45, 2.75) is 32.8 Å². The Morgan fingerprint density at radius 3 is 2.46 bits per heavy atom. The van der Waals surface area contributed by atoms with Crippen molar-refractivity contribution in [3.05, 3.63) is 64.2 Å². The van der Waals surface area contributed by atoms with Gasteiger partial charge in [-0.3, -0.25) is 14.9 Å². The Morgan fingerprint density at radius 2 is 1.82 bits per heavy atom. The predicted octanol–water partition coefficient (Wildman–Crippen LogP) is 3.96. The van der Waals surface area contributed by atoms with E-state index in [2.05, 4.69) is 5.32 Å². The zero-order valence-corrected chi connectivity index (χ0v) is 15.7. The maximum absolute atomic E-state index is 12.3. The highest BCUT2D eigenvalue weighted by Gasteiger charge is 2.20. The third kappa shape index (κ3) is 5.80. The molecule has 0 aliphatic heterocycles. The Bertz CT molecular complexity index is 835. The van der Waals surface area contributed by atoms with Crippen molar-refractivity contribution in [3.8, 4) is 5.75 Å². The Hall–Kier alpha value is -3.42. The molecule has 0 saturated heterocycles. The van der Waals surface area contributed by atoms with Crippen molar-refractivity contribution in [1.82, 2.24) is 0 Å². The maximum Gasteiger partial charge on any atom is 0.338 e. The number of esters is 1. The molecule has 0 aromatic heterocycles. The first kappa shape index (κ1) is 20.9. The van der Waals surface area contributed by atoms with E-state index >= 15 is 0 Å². The molecule has 2 aromatic carbocycles. The molecular formula is C20H22N2O6. The second kappa shape index (κ2) is 10.1. The molecule has 0 aliphatic rings. The molecule has 0 spiro atoms. The van der Waals surface area contributed by atoms with E-state index in [1.807, 2.05) is 6.92 Å². The maximum atomic E-state index is 12.3. The van der Waals surface area contributed by atoms with Crippen LogP contribution < -0.4 is 10.1 Å². The first-order chi connectivity index (χ1) is 13.4. The predicted molar refractivity (Wildman–Crippen MR) is 103 cm³/mol. The van der Waals surface area contributed by atoms with E-state index in [4.69, 9.17) is 9.47 Å². The summed E-state index contributed by atoms with van der Waals surface area (Å²) in [5.74, 6) is -0.560. The molecule has 28 heavy (non-hydrogen) atoms. The van der Waals surface area contributed by atoms with Gasteiger partial charge in [-0.25, -0.2) is 4.79 Å². The zero-order chi connectivity index (χ0) is 20.5. The molecule has 8 heteroatoms. The summed E-state index contributed by atoms with van der Waals surface area (Å²) in [5, 5.41) is 13.5. The first-order valence-corrected chi connectivity index (χ1v) is 8.90. The number of rotatable bonds is 9. The normalized spacial score (nSPS) is 11.4. The lowest BCUT2D eigenvalue weighted by Crippen LogP contribution is -2.30. The van der Waals surface area contributed by atoms with Crippen LogP contribution in [-0.4, -0.2) is 29.5 Å². The SMILES string of the molecule is CCCCOC(=O)c1ccc(O[C@H](C)C(=O)Nc2ccccc2[N+](=O)[O-])cc1. The number of amides is 1. The van der Waals surface area contributed by atoms with Gasteiger partial charge >= 0.3 is 5.97 Å². The Labute approximate surface area is 162 Å². The topological polar surface area (TPSA) is 108 Å².